The van der Waals surface area contributed by atoms with E-state index in [-0.39, 0.29) is 12.5 Å². The SMILES string of the molecule is O=C(Nc1cc(Br)ccc1Cl)C1COc2ccccc2O1. The second-order valence-electron chi connectivity index (χ2n) is 4.48. The van der Waals surface area contributed by atoms with E-state index in [9.17, 15) is 4.79 Å². The van der Waals surface area contributed by atoms with Crippen molar-refractivity contribution in [2.24, 2.45) is 0 Å². The van der Waals surface area contributed by atoms with Crippen LogP contribution in [0.25, 0.3) is 0 Å². The molecule has 1 atom stereocenters. The smallest absolute Gasteiger partial charge is 0.269 e. The van der Waals surface area contributed by atoms with Crippen LogP contribution in [0.15, 0.2) is 46.9 Å². The zero-order valence-corrected chi connectivity index (χ0v) is 13.1. The number of benzene rings is 2. The summed E-state index contributed by atoms with van der Waals surface area (Å²) in [6, 6.07) is 12.5. The van der Waals surface area contributed by atoms with Gasteiger partial charge in [0, 0.05) is 4.47 Å². The van der Waals surface area contributed by atoms with Gasteiger partial charge >= 0.3 is 0 Å². The van der Waals surface area contributed by atoms with Gasteiger partial charge in [0.25, 0.3) is 5.91 Å². The summed E-state index contributed by atoms with van der Waals surface area (Å²) < 4.78 is 12.0. The van der Waals surface area contributed by atoms with Crippen LogP contribution in [-0.2, 0) is 4.79 Å². The molecule has 2 aromatic rings. The maximum atomic E-state index is 12.3. The number of rotatable bonds is 2. The first kappa shape index (κ1) is 14.2. The van der Waals surface area contributed by atoms with E-state index in [1.54, 1.807) is 30.3 Å². The van der Waals surface area contributed by atoms with Gasteiger partial charge in [0.15, 0.2) is 11.5 Å². The third-order valence-corrected chi connectivity index (χ3v) is 3.81. The molecule has 0 spiro atoms. The summed E-state index contributed by atoms with van der Waals surface area (Å²) in [4.78, 5) is 12.3. The number of ether oxygens (including phenoxy) is 2. The molecule has 0 fully saturated rings. The van der Waals surface area contributed by atoms with Crippen molar-refractivity contribution < 1.29 is 14.3 Å². The van der Waals surface area contributed by atoms with Gasteiger partial charge in [-0.2, -0.15) is 0 Å². The van der Waals surface area contributed by atoms with Crippen molar-refractivity contribution >= 4 is 39.1 Å². The van der Waals surface area contributed by atoms with Crippen molar-refractivity contribution in [1.29, 1.82) is 0 Å². The molecule has 4 nitrogen and oxygen atoms in total. The number of hydrogen-bond acceptors (Lipinski definition) is 3. The lowest BCUT2D eigenvalue weighted by Gasteiger charge is -2.25. The molecule has 3 rings (SSSR count). The fourth-order valence-electron chi connectivity index (χ4n) is 1.96. The summed E-state index contributed by atoms with van der Waals surface area (Å²) >= 11 is 9.39. The van der Waals surface area contributed by atoms with E-state index < -0.39 is 6.10 Å². The summed E-state index contributed by atoms with van der Waals surface area (Å²) in [5.74, 6) is 0.899. The Kier molecular flexibility index (Phi) is 4.03. The van der Waals surface area contributed by atoms with E-state index in [1.165, 1.54) is 0 Å². The molecule has 0 saturated heterocycles. The standard InChI is InChI=1S/C15H11BrClNO3/c16-9-5-6-10(17)11(7-9)18-15(19)14-8-20-12-3-1-2-4-13(12)21-14/h1-7,14H,8H2,(H,18,19). The lowest BCUT2D eigenvalue weighted by atomic mass is 10.2. The number of carbonyl (C=O) groups is 1. The Bertz CT molecular complexity index is 692. The van der Waals surface area contributed by atoms with E-state index in [2.05, 4.69) is 21.2 Å². The highest BCUT2D eigenvalue weighted by Crippen LogP contribution is 2.31. The quantitative estimate of drug-likeness (QED) is 0.875. The van der Waals surface area contributed by atoms with Crippen LogP contribution < -0.4 is 14.8 Å². The van der Waals surface area contributed by atoms with Crippen LogP contribution in [-0.4, -0.2) is 18.6 Å². The summed E-state index contributed by atoms with van der Waals surface area (Å²) in [7, 11) is 0. The zero-order chi connectivity index (χ0) is 14.8. The Balaban J connectivity index is 1.74. The normalized spacial score (nSPS) is 16.4. The van der Waals surface area contributed by atoms with Crippen molar-refractivity contribution in [3.05, 3.63) is 52.0 Å². The first-order chi connectivity index (χ1) is 10.1. The predicted molar refractivity (Wildman–Crippen MR) is 84.1 cm³/mol. The first-order valence-electron chi connectivity index (χ1n) is 6.28. The van der Waals surface area contributed by atoms with Gasteiger partial charge in [0.05, 0.1) is 10.7 Å². The Morgan fingerprint density at radius 3 is 2.81 bits per heavy atom. The van der Waals surface area contributed by atoms with Crippen molar-refractivity contribution in [1.82, 2.24) is 0 Å². The van der Waals surface area contributed by atoms with Crippen molar-refractivity contribution in [2.75, 3.05) is 11.9 Å². The van der Waals surface area contributed by atoms with Gasteiger partial charge in [-0.3, -0.25) is 4.79 Å². The minimum atomic E-state index is -0.713. The summed E-state index contributed by atoms with van der Waals surface area (Å²) in [6.45, 7) is 0.161. The second-order valence-corrected chi connectivity index (χ2v) is 5.80. The third kappa shape index (κ3) is 3.14. The van der Waals surface area contributed by atoms with Crippen molar-refractivity contribution in [2.45, 2.75) is 6.10 Å². The number of carbonyl (C=O) groups excluding carboxylic acids is 1. The highest BCUT2D eigenvalue weighted by Gasteiger charge is 2.27. The number of amides is 1. The molecule has 2 aromatic carbocycles. The Morgan fingerprint density at radius 1 is 1.24 bits per heavy atom. The van der Waals surface area contributed by atoms with Crippen LogP contribution in [0.4, 0.5) is 5.69 Å². The molecule has 0 aliphatic carbocycles. The predicted octanol–water partition coefficient (Wildman–Crippen LogP) is 3.88. The lowest BCUT2D eigenvalue weighted by Crippen LogP contribution is -2.40. The second kappa shape index (κ2) is 5.95. The largest absolute Gasteiger partial charge is 0.485 e. The molecule has 0 saturated carbocycles. The minimum absolute atomic E-state index is 0.161. The third-order valence-electron chi connectivity index (χ3n) is 2.99. The van der Waals surface area contributed by atoms with Gasteiger partial charge in [-0.1, -0.05) is 39.7 Å². The molecule has 6 heteroatoms. The molecular weight excluding hydrogens is 358 g/mol. The molecule has 0 radical (unpaired) electrons. The molecule has 1 unspecified atom stereocenters. The minimum Gasteiger partial charge on any atom is -0.485 e. The van der Waals surface area contributed by atoms with E-state index in [0.29, 0.717) is 22.2 Å². The molecule has 108 valence electrons. The summed E-state index contributed by atoms with van der Waals surface area (Å²) in [6.07, 6.45) is -0.713. The Labute approximate surface area is 135 Å². The topological polar surface area (TPSA) is 47.6 Å². The fourth-order valence-corrected chi connectivity index (χ4v) is 2.48. The van der Waals surface area contributed by atoms with Crippen LogP contribution in [0.1, 0.15) is 0 Å². The van der Waals surface area contributed by atoms with Gasteiger partial charge < -0.3 is 14.8 Å². The van der Waals surface area contributed by atoms with E-state index in [1.807, 2.05) is 12.1 Å². The van der Waals surface area contributed by atoms with Gasteiger partial charge in [0.2, 0.25) is 6.10 Å². The van der Waals surface area contributed by atoms with Gasteiger partial charge in [-0.05, 0) is 30.3 Å². The number of anilines is 1. The highest BCUT2D eigenvalue weighted by atomic mass is 79.9. The van der Waals surface area contributed by atoms with Crippen LogP contribution in [0.3, 0.4) is 0 Å². The molecule has 0 bridgehead atoms. The van der Waals surface area contributed by atoms with Crippen molar-refractivity contribution in [3.8, 4) is 11.5 Å². The average Bonchev–Trinajstić information content (AvgIpc) is 2.50. The summed E-state index contributed by atoms with van der Waals surface area (Å²) in [5.41, 5.74) is 0.526. The van der Waals surface area contributed by atoms with Crippen LogP contribution in [0.2, 0.25) is 5.02 Å². The van der Waals surface area contributed by atoms with Gasteiger partial charge in [-0.25, -0.2) is 0 Å². The van der Waals surface area contributed by atoms with E-state index in [0.717, 1.165) is 4.47 Å². The van der Waals surface area contributed by atoms with Crippen LogP contribution >= 0.6 is 27.5 Å². The molecule has 1 aliphatic rings. The van der Waals surface area contributed by atoms with Crippen molar-refractivity contribution in [3.63, 3.8) is 0 Å². The van der Waals surface area contributed by atoms with Crippen LogP contribution in [0.5, 0.6) is 11.5 Å². The molecule has 21 heavy (non-hydrogen) atoms. The van der Waals surface area contributed by atoms with Gasteiger partial charge in [-0.15, -0.1) is 0 Å². The van der Waals surface area contributed by atoms with E-state index in [4.69, 9.17) is 21.1 Å². The number of para-hydroxylation sites is 2. The molecule has 1 amide bonds. The number of fused-ring (bicyclic) bond motifs is 1. The number of halogens is 2. The molecule has 1 N–H and O–H groups in total. The zero-order valence-electron chi connectivity index (χ0n) is 10.8. The van der Waals surface area contributed by atoms with E-state index >= 15 is 0 Å². The van der Waals surface area contributed by atoms with Gasteiger partial charge in [0.1, 0.15) is 6.61 Å². The molecule has 1 aliphatic heterocycles. The molecule has 1 heterocycles. The number of nitrogens with one attached hydrogen (secondary N) is 1. The number of hydrogen-bond donors (Lipinski definition) is 1. The lowest BCUT2D eigenvalue weighted by molar-refractivity contribution is -0.125. The van der Waals surface area contributed by atoms with Crippen LogP contribution in [0, 0.1) is 0 Å². The Morgan fingerprint density at radius 2 is 2.00 bits per heavy atom. The first-order valence-corrected chi connectivity index (χ1v) is 7.45. The Hall–Kier alpha value is -1.72. The fraction of sp³-hybridized carbons (Fsp3) is 0.133. The summed E-state index contributed by atoms with van der Waals surface area (Å²) in [5, 5.41) is 3.21. The molecule has 0 aromatic heterocycles. The monoisotopic (exact) mass is 367 g/mol. The molecular formula is C15H11BrClNO3. The maximum absolute atomic E-state index is 12.3. The highest BCUT2D eigenvalue weighted by molar-refractivity contribution is 9.10. The average molecular weight is 369 g/mol. The maximum Gasteiger partial charge on any atom is 0.269 e.